The highest BCUT2D eigenvalue weighted by molar-refractivity contribution is 6.34. The Kier molecular flexibility index (Phi) is 6.51. The largest absolute Gasteiger partial charge is 0.492 e. The van der Waals surface area contributed by atoms with Crippen molar-refractivity contribution >= 4 is 34.8 Å². The molecule has 0 spiro atoms. The van der Waals surface area contributed by atoms with E-state index in [1.54, 1.807) is 30.0 Å². The molecule has 0 fully saturated rings. The first-order chi connectivity index (χ1) is 15.8. The molecular formula is C25H22ClFN2O4. The first-order valence-corrected chi connectivity index (χ1v) is 10.8. The Hall–Kier alpha value is -3.58. The summed E-state index contributed by atoms with van der Waals surface area (Å²) in [7, 11) is 0. The average Bonchev–Trinajstić information content (AvgIpc) is 2.77. The van der Waals surface area contributed by atoms with Gasteiger partial charge in [-0.05, 0) is 61.9 Å². The van der Waals surface area contributed by atoms with Crippen LogP contribution in [0.4, 0.5) is 15.8 Å². The minimum atomic E-state index is -0.722. The molecule has 33 heavy (non-hydrogen) atoms. The number of hydrogen-bond donors (Lipinski definition) is 1. The van der Waals surface area contributed by atoms with E-state index in [0.29, 0.717) is 22.9 Å². The standard InChI is InChI=1S/C25H22ClFN2O4/c1-15-5-3-6-18(13-15)32-12-11-29-21-14-17(9-10-22(21)33-16(2)25(29)31)28-24(30)23-19(26)7-4-8-20(23)27/h3-10,13-14,16H,11-12H2,1-2H3,(H,28,30). The highest BCUT2D eigenvalue weighted by Crippen LogP contribution is 2.36. The van der Waals surface area contributed by atoms with Crippen molar-refractivity contribution in [3.8, 4) is 11.5 Å². The molecule has 1 unspecified atom stereocenters. The van der Waals surface area contributed by atoms with Crippen LogP contribution in [0.25, 0.3) is 0 Å². The predicted octanol–water partition coefficient (Wildman–Crippen LogP) is 5.23. The van der Waals surface area contributed by atoms with Gasteiger partial charge >= 0.3 is 0 Å². The molecule has 0 saturated heterocycles. The topological polar surface area (TPSA) is 67.9 Å². The van der Waals surface area contributed by atoms with Gasteiger partial charge in [0, 0.05) is 5.69 Å². The summed E-state index contributed by atoms with van der Waals surface area (Å²) in [4.78, 5) is 27.0. The third-order valence-corrected chi connectivity index (χ3v) is 5.50. The second-order valence-corrected chi connectivity index (χ2v) is 8.06. The number of hydrogen-bond acceptors (Lipinski definition) is 4. The van der Waals surface area contributed by atoms with Crippen molar-refractivity contribution in [2.45, 2.75) is 20.0 Å². The fraction of sp³-hybridized carbons (Fsp3) is 0.200. The molecule has 1 aliphatic heterocycles. The van der Waals surface area contributed by atoms with Crippen LogP contribution in [0.5, 0.6) is 11.5 Å². The van der Waals surface area contributed by atoms with E-state index in [1.165, 1.54) is 12.1 Å². The Morgan fingerprint density at radius 1 is 1.18 bits per heavy atom. The quantitative estimate of drug-likeness (QED) is 0.537. The summed E-state index contributed by atoms with van der Waals surface area (Å²) in [6.07, 6.45) is -0.658. The van der Waals surface area contributed by atoms with Gasteiger partial charge in [-0.25, -0.2) is 4.39 Å². The molecule has 0 radical (unpaired) electrons. The molecule has 8 heteroatoms. The summed E-state index contributed by atoms with van der Waals surface area (Å²) in [5, 5.41) is 2.64. The molecule has 1 N–H and O–H groups in total. The van der Waals surface area contributed by atoms with Crippen LogP contribution in [0.2, 0.25) is 5.02 Å². The summed E-state index contributed by atoms with van der Waals surface area (Å²) < 4.78 is 25.6. The predicted molar refractivity (Wildman–Crippen MR) is 125 cm³/mol. The summed E-state index contributed by atoms with van der Waals surface area (Å²) in [6, 6.07) is 16.6. The van der Waals surface area contributed by atoms with E-state index in [9.17, 15) is 14.0 Å². The Labute approximate surface area is 195 Å². The van der Waals surface area contributed by atoms with Gasteiger partial charge in [-0.15, -0.1) is 0 Å². The zero-order valence-electron chi connectivity index (χ0n) is 18.1. The number of carbonyl (C=O) groups is 2. The minimum Gasteiger partial charge on any atom is -0.492 e. The van der Waals surface area contributed by atoms with Crippen LogP contribution in [0, 0.1) is 12.7 Å². The van der Waals surface area contributed by atoms with Gasteiger partial charge in [0.05, 0.1) is 22.8 Å². The van der Waals surface area contributed by atoms with Gasteiger partial charge in [0.2, 0.25) is 0 Å². The van der Waals surface area contributed by atoms with Crippen LogP contribution >= 0.6 is 11.6 Å². The van der Waals surface area contributed by atoms with Crippen LogP contribution in [-0.4, -0.2) is 31.1 Å². The van der Waals surface area contributed by atoms with Crippen molar-refractivity contribution in [3.63, 3.8) is 0 Å². The van der Waals surface area contributed by atoms with Crippen molar-refractivity contribution in [3.05, 3.63) is 82.6 Å². The zero-order valence-corrected chi connectivity index (χ0v) is 18.9. The van der Waals surface area contributed by atoms with Gasteiger partial charge in [-0.3, -0.25) is 9.59 Å². The van der Waals surface area contributed by atoms with E-state index >= 15 is 0 Å². The lowest BCUT2D eigenvalue weighted by Crippen LogP contribution is -2.46. The molecular weight excluding hydrogens is 447 g/mol. The number of nitrogens with zero attached hydrogens (tertiary/aromatic N) is 1. The van der Waals surface area contributed by atoms with Crippen LogP contribution in [0.15, 0.2) is 60.7 Å². The van der Waals surface area contributed by atoms with E-state index in [2.05, 4.69) is 5.32 Å². The number of halogens is 2. The maximum absolute atomic E-state index is 14.1. The summed E-state index contributed by atoms with van der Waals surface area (Å²) >= 11 is 5.99. The monoisotopic (exact) mass is 468 g/mol. The van der Waals surface area contributed by atoms with E-state index in [-0.39, 0.29) is 29.6 Å². The minimum absolute atomic E-state index is 0.00715. The molecule has 4 rings (SSSR count). The average molecular weight is 469 g/mol. The molecule has 1 heterocycles. The van der Waals surface area contributed by atoms with Crippen LogP contribution in [-0.2, 0) is 4.79 Å². The smallest absolute Gasteiger partial charge is 0.267 e. The molecule has 3 aromatic carbocycles. The van der Waals surface area contributed by atoms with Gasteiger partial charge in [0.15, 0.2) is 6.10 Å². The number of carbonyl (C=O) groups excluding carboxylic acids is 2. The van der Waals surface area contributed by atoms with Crippen molar-refractivity contribution in [2.75, 3.05) is 23.4 Å². The van der Waals surface area contributed by atoms with E-state index in [1.807, 2.05) is 31.2 Å². The van der Waals surface area contributed by atoms with E-state index in [4.69, 9.17) is 21.1 Å². The van der Waals surface area contributed by atoms with Gasteiger partial charge in [0.1, 0.15) is 23.9 Å². The Morgan fingerprint density at radius 2 is 1.97 bits per heavy atom. The lowest BCUT2D eigenvalue weighted by Gasteiger charge is -2.33. The molecule has 170 valence electrons. The Balaban J connectivity index is 1.54. The molecule has 2 amide bonds. The van der Waals surface area contributed by atoms with Crippen molar-refractivity contribution < 1.29 is 23.5 Å². The number of rotatable bonds is 6. The number of nitrogens with one attached hydrogen (secondary N) is 1. The highest BCUT2D eigenvalue weighted by atomic mass is 35.5. The Bertz CT molecular complexity index is 1200. The highest BCUT2D eigenvalue weighted by Gasteiger charge is 2.32. The number of ether oxygens (including phenoxy) is 2. The van der Waals surface area contributed by atoms with Crippen molar-refractivity contribution in [2.24, 2.45) is 0 Å². The number of aryl methyl sites for hydroxylation is 1. The molecule has 0 aliphatic carbocycles. The number of amides is 2. The number of fused-ring (bicyclic) bond motifs is 1. The summed E-state index contributed by atoms with van der Waals surface area (Å²) in [5.41, 5.74) is 1.68. The molecule has 3 aromatic rings. The van der Waals surface area contributed by atoms with E-state index in [0.717, 1.165) is 11.6 Å². The normalized spacial score (nSPS) is 15.0. The second-order valence-electron chi connectivity index (χ2n) is 7.65. The third-order valence-electron chi connectivity index (χ3n) is 5.19. The third kappa shape index (κ3) is 4.93. The molecule has 0 saturated carbocycles. The maximum Gasteiger partial charge on any atom is 0.267 e. The lowest BCUT2D eigenvalue weighted by atomic mass is 10.1. The number of benzene rings is 3. The van der Waals surface area contributed by atoms with Crippen molar-refractivity contribution in [1.29, 1.82) is 0 Å². The number of anilines is 2. The van der Waals surface area contributed by atoms with Crippen LogP contribution in [0.3, 0.4) is 0 Å². The second kappa shape index (κ2) is 9.50. The molecule has 0 aromatic heterocycles. The molecule has 1 aliphatic rings. The summed E-state index contributed by atoms with van der Waals surface area (Å²) in [5.74, 6) is -0.425. The van der Waals surface area contributed by atoms with Crippen LogP contribution in [0.1, 0.15) is 22.8 Å². The molecule has 6 nitrogen and oxygen atoms in total. The lowest BCUT2D eigenvalue weighted by molar-refractivity contribution is -0.125. The molecule has 0 bridgehead atoms. The first-order valence-electron chi connectivity index (χ1n) is 10.4. The SMILES string of the molecule is Cc1cccc(OCCN2C(=O)C(C)Oc3ccc(NC(=O)c4c(F)cccc4Cl)cc32)c1. The van der Waals surface area contributed by atoms with Gasteiger partial charge in [-0.1, -0.05) is 29.8 Å². The van der Waals surface area contributed by atoms with Gasteiger partial charge in [0.25, 0.3) is 11.8 Å². The first kappa shape index (κ1) is 22.6. The van der Waals surface area contributed by atoms with E-state index < -0.39 is 17.8 Å². The maximum atomic E-state index is 14.1. The summed E-state index contributed by atoms with van der Waals surface area (Å²) in [6.45, 7) is 4.20. The zero-order chi connectivity index (χ0) is 23.5. The fourth-order valence-electron chi connectivity index (χ4n) is 3.58. The fourth-order valence-corrected chi connectivity index (χ4v) is 3.83. The van der Waals surface area contributed by atoms with Gasteiger partial charge < -0.3 is 19.7 Å². The van der Waals surface area contributed by atoms with Crippen molar-refractivity contribution in [1.82, 2.24) is 0 Å². The van der Waals surface area contributed by atoms with Gasteiger partial charge in [-0.2, -0.15) is 0 Å². The molecule has 1 atom stereocenters. The van der Waals surface area contributed by atoms with Crippen LogP contribution < -0.4 is 19.7 Å². The Morgan fingerprint density at radius 3 is 2.73 bits per heavy atom.